The third kappa shape index (κ3) is 2.43. The van der Waals surface area contributed by atoms with Gasteiger partial charge < -0.3 is 4.74 Å². The molecule has 0 saturated heterocycles. The van der Waals surface area contributed by atoms with E-state index >= 15 is 0 Å². The molecule has 0 amide bonds. The van der Waals surface area contributed by atoms with Crippen LogP contribution in [0.2, 0.25) is 0 Å². The number of ketones is 2. The molecule has 25 heavy (non-hydrogen) atoms. The smallest absolute Gasteiger partial charge is 0.302 e. The largest absolute Gasteiger partial charge is 0.463 e. The van der Waals surface area contributed by atoms with Gasteiger partial charge in [0, 0.05) is 31.1 Å². The number of rotatable bonds is 1. The van der Waals surface area contributed by atoms with Crippen molar-refractivity contribution in [2.75, 3.05) is 0 Å². The van der Waals surface area contributed by atoms with Crippen molar-refractivity contribution in [2.24, 2.45) is 34.5 Å². The van der Waals surface area contributed by atoms with Crippen molar-refractivity contribution < 1.29 is 19.1 Å². The highest BCUT2D eigenvalue weighted by Gasteiger charge is 2.62. The van der Waals surface area contributed by atoms with Gasteiger partial charge in [0.15, 0.2) is 0 Å². The van der Waals surface area contributed by atoms with Crippen molar-refractivity contribution in [1.82, 2.24) is 0 Å². The first-order chi connectivity index (χ1) is 11.8. The molecule has 4 fully saturated rings. The van der Waals surface area contributed by atoms with Gasteiger partial charge >= 0.3 is 5.97 Å². The molecule has 0 bridgehead atoms. The molecule has 4 aliphatic carbocycles. The van der Waals surface area contributed by atoms with E-state index in [0.717, 1.165) is 38.5 Å². The van der Waals surface area contributed by atoms with E-state index in [1.54, 1.807) is 0 Å². The summed E-state index contributed by atoms with van der Waals surface area (Å²) in [6.07, 6.45) is 6.85. The molecule has 0 radical (unpaired) electrons. The van der Waals surface area contributed by atoms with E-state index in [0.29, 0.717) is 36.2 Å². The maximum absolute atomic E-state index is 13.1. The SMILES string of the molecule is CC(=O)OC1CCC2(C)C3CCC4(C)C(=O)CCC4C3C(=O)C[C@H]2C1. The highest BCUT2D eigenvalue weighted by atomic mass is 16.5. The number of hydrogen-bond acceptors (Lipinski definition) is 4. The first-order valence-corrected chi connectivity index (χ1v) is 9.99. The molecule has 6 unspecified atom stereocenters. The lowest BCUT2D eigenvalue weighted by Gasteiger charge is -2.59. The molecule has 0 aromatic carbocycles. The minimum Gasteiger partial charge on any atom is -0.463 e. The van der Waals surface area contributed by atoms with Crippen LogP contribution in [0.3, 0.4) is 0 Å². The van der Waals surface area contributed by atoms with Gasteiger partial charge in [-0.2, -0.15) is 0 Å². The Morgan fingerprint density at radius 3 is 2.56 bits per heavy atom. The van der Waals surface area contributed by atoms with Gasteiger partial charge in [-0.1, -0.05) is 13.8 Å². The predicted molar refractivity (Wildman–Crippen MR) is 92.7 cm³/mol. The van der Waals surface area contributed by atoms with Crippen molar-refractivity contribution in [3.8, 4) is 0 Å². The Labute approximate surface area is 150 Å². The van der Waals surface area contributed by atoms with Gasteiger partial charge in [0.25, 0.3) is 0 Å². The summed E-state index contributed by atoms with van der Waals surface area (Å²) in [5, 5.41) is 0. The molecule has 4 saturated carbocycles. The monoisotopic (exact) mass is 346 g/mol. The zero-order valence-electron chi connectivity index (χ0n) is 15.7. The van der Waals surface area contributed by atoms with Gasteiger partial charge in [-0.15, -0.1) is 0 Å². The molecule has 4 nitrogen and oxygen atoms in total. The first-order valence-electron chi connectivity index (χ1n) is 9.99. The summed E-state index contributed by atoms with van der Waals surface area (Å²) in [4.78, 5) is 36.9. The zero-order chi connectivity index (χ0) is 18.0. The van der Waals surface area contributed by atoms with Crippen LogP contribution in [0.4, 0.5) is 0 Å². The minimum absolute atomic E-state index is 0.0261. The summed E-state index contributed by atoms with van der Waals surface area (Å²) in [6, 6.07) is 0. The molecule has 0 heterocycles. The normalized spacial score (nSPS) is 49.2. The van der Waals surface area contributed by atoms with Gasteiger partial charge in [-0.25, -0.2) is 0 Å². The Balaban J connectivity index is 1.60. The van der Waals surface area contributed by atoms with Crippen LogP contribution in [0.15, 0.2) is 0 Å². The fourth-order valence-electron chi connectivity index (χ4n) is 7.01. The van der Waals surface area contributed by atoms with Crippen LogP contribution >= 0.6 is 0 Å². The summed E-state index contributed by atoms with van der Waals surface area (Å²) >= 11 is 0. The summed E-state index contributed by atoms with van der Waals surface area (Å²) in [5.41, 5.74) is -0.100. The Kier molecular flexibility index (Phi) is 3.90. The molecular formula is C21H30O4. The number of esters is 1. The number of fused-ring (bicyclic) bond motifs is 5. The lowest BCUT2D eigenvalue weighted by molar-refractivity contribution is -0.166. The average molecular weight is 346 g/mol. The van der Waals surface area contributed by atoms with Gasteiger partial charge in [-0.3, -0.25) is 14.4 Å². The molecule has 4 heteroatoms. The molecule has 0 aromatic heterocycles. The van der Waals surface area contributed by atoms with Gasteiger partial charge in [0.05, 0.1) is 0 Å². The van der Waals surface area contributed by atoms with Crippen molar-refractivity contribution in [2.45, 2.75) is 78.2 Å². The second kappa shape index (κ2) is 5.65. The Morgan fingerprint density at radius 2 is 1.84 bits per heavy atom. The molecule has 7 atom stereocenters. The number of carbonyl (C=O) groups excluding carboxylic acids is 3. The van der Waals surface area contributed by atoms with E-state index in [-0.39, 0.29) is 34.7 Å². The van der Waals surface area contributed by atoms with E-state index in [2.05, 4.69) is 13.8 Å². The fourth-order valence-corrected chi connectivity index (χ4v) is 7.01. The van der Waals surface area contributed by atoms with Crippen LogP contribution in [0.5, 0.6) is 0 Å². The van der Waals surface area contributed by atoms with E-state index in [9.17, 15) is 14.4 Å². The lowest BCUT2D eigenvalue weighted by Crippen LogP contribution is -2.57. The topological polar surface area (TPSA) is 60.4 Å². The first kappa shape index (κ1) is 17.2. The third-order valence-corrected chi connectivity index (χ3v) is 8.46. The van der Waals surface area contributed by atoms with Crippen molar-refractivity contribution in [1.29, 1.82) is 0 Å². The average Bonchev–Trinajstić information content (AvgIpc) is 2.84. The van der Waals surface area contributed by atoms with Crippen LogP contribution in [-0.4, -0.2) is 23.6 Å². The van der Waals surface area contributed by atoms with Gasteiger partial charge in [0.1, 0.15) is 17.7 Å². The molecule has 4 aliphatic rings. The number of carbonyl (C=O) groups is 3. The number of Topliss-reactive ketones (excluding diaryl/α,β-unsaturated/α-hetero) is 2. The van der Waals surface area contributed by atoms with Crippen LogP contribution in [0.25, 0.3) is 0 Å². The maximum Gasteiger partial charge on any atom is 0.302 e. The molecule has 138 valence electrons. The number of ether oxygens (including phenoxy) is 1. The molecular weight excluding hydrogens is 316 g/mol. The highest BCUT2D eigenvalue weighted by Crippen LogP contribution is 2.64. The third-order valence-electron chi connectivity index (χ3n) is 8.46. The lowest BCUT2D eigenvalue weighted by atomic mass is 9.45. The van der Waals surface area contributed by atoms with Gasteiger partial charge in [0.2, 0.25) is 0 Å². The van der Waals surface area contributed by atoms with E-state index in [1.807, 2.05) is 0 Å². The van der Waals surface area contributed by atoms with Gasteiger partial charge in [-0.05, 0) is 61.7 Å². The second-order valence-electron chi connectivity index (χ2n) is 9.54. The minimum atomic E-state index is -0.255. The van der Waals surface area contributed by atoms with Crippen molar-refractivity contribution >= 4 is 17.5 Å². The summed E-state index contributed by atoms with van der Waals surface area (Å²) in [6.45, 7) is 5.95. The van der Waals surface area contributed by atoms with Crippen LogP contribution in [0, 0.1) is 34.5 Å². The van der Waals surface area contributed by atoms with E-state index in [1.165, 1.54) is 6.92 Å². The molecule has 0 aliphatic heterocycles. The Hall–Kier alpha value is -1.19. The molecule has 0 spiro atoms. The molecule has 4 rings (SSSR count). The van der Waals surface area contributed by atoms with Crippen molar-refractivity contribution in [3.63, 3.8) is 0 Å². The Morgan fingerprint density at radius 1 is 1.08 bits per heavy atom. The summed E-state index contributed by atoms with van der Waals surface area (Å²) in [5.74, 6) is 1.61. The van der Waals surface area contributed by atoms with Crippen LogP contribution in [-0.2, 0) is 19.1 Å². The molecule has 0 aromatic rings. The summed E-state index contributed by atoms with van der Waals surface area (Å²) in [7, 11) is 0. The zero-order valence-corrected chi connectivity index (χ0v) is 15.7. The van der Waals surface area contributed by atoms with E-state index in [4.69, 9.17) is 4.74 Å². The predicted octanol–water partition coefficient (Wildman–Crippen LogP) is 3.71. The summed E-state index contributed by atoms with van der Waals surface area (Å²) < 4.78 is 5.46. The van der Waals surface area contributed by atoms with Crippen LogP contribution < -0.4 is 0 Å². The second-order valence-corrected chi connectivity index (χ2v) is 9.54. The number of hydrogen-bond donors (Lipinski definition) is 0. The standard InChI is InChI=1S/C21H30O4/c1-12(22)25-14-6-8-20(2)13(10-14)11-17(23)19-15-4-5-18(24)21(15,3)9-7-16(19)20/h13-16,19H,4-11H2,1-3H3/t13-,14?,15?,16?,19?,20?,21?/m1/s1. The van der Waals surface area contributed by atoms with Crippen molar-refractivity contribution in [3.05, 3.63) is 0 Å². The highest BCUT2D eigenvalue weighted by molar-refractivity contribution is 5.90. The van der Waals surface area contributed by atoms with Crippen LogP contribution in [0.1, 0.15) is 72.1 Å². The quantitative estimate of drug-likeness (QED) is 0.679. The maximum atomic E-state index is 13.1. The fraction of sp³-hybridized carbons (Fsp3) is 0.857. The molecule has 0 N–H and O–H groups in total. The Bertz CT molecular complexity index is 625. The van der Waals surface area contributed by atoms with E-state index < -0.39 is 0 Å².